The summed E-state index contributed by atoms with van der Waals surface area (Å²) >= 11 is 2.94. The lowest BCUT2D eigenvalue weighted by Gasteiger charge is -2.10. The van der Waals surface area contributed by atoms with Gasteiger partial charge in [0.25, 0.3) is 5.56 Å². The van der Waals surface area contributed by atoms with Crippen molar-refractivity contribution in [3.8, 4) is 0 Å². The van der Waals surface area contributed by atoms with Crippen molar-refractivity contribution in [1.82, 2.24) is 18.7 Å². The van der Waals surface area contributed by atoms with Gasteiger partial charge in [-0.2, -0.15) is 0 Å². The summed E-state index contributed by atoms with van der Waals surface area (Å²) in [7, 11) is 0. The third-order valence-corrected chi connectivity index (χ3v) is 7.18. The number of aromatic nitrogens is 4. The zero-order valence-corrected chi connectivity index (χ0v) is 18.5. The third kappa shape index (κ3) is 2.95. The second-order valence-electron chi connectivity index (χ2n) is 7.56. The predicted molar refractivity (Wildman–Crippen MR) is 122 cm³/mol. The standard InChI is InChI=1S/C22H20N4O2S2/c1-13-9-14(2)17(15(3)10-13)12-25-22(28)26-18-6-8-30-19(18)20(27)24(21(26)23-25)11-16-5-4-7-29-16/h4-10H,11-12H2,1-3H3. The van der Waals surface area contributed by atoms with E-state index < -0.39 is 0 Å². The third-order valence-electron chi connectivity index (χ3n) is 5.43. The molecule has 0 atom stereocenters. The molecule has 5 aromatic rings. The minimum absolute atomic E-state index is 0.110. The van der Waals surface area contributed by atoms with Crippen molar-refractivity contribution in [2.45, 2.75) is 33.9 Å². The maximum Gasteiger partial charge on any atom is 0.352 e. The van der Waals surface area contributed by atoms with E-state index in [0.717, 1.165) is 21.6 Å². The van der Waals surface area contributed by atoms with Crippen LogP contribution in [0, 0.1) is 20.8 Å². The minimum atomic E-state index is -0.229. The van der Waals surface area contributed by atoms with E-state index in [1.165, 1.54) is 21.6 Å². The fraction of sp³-hybridized carbons (Fsp3) is 0.227. The highest BCUT2D eigenvalue weighted by Crippen LogP contribution is 2.20. The molecule has 0 fully saturated rings. The molecule has 1 aromatic carbocycles. The molecule has 0 unspecified atom stereocenters. The van der Waals surface area contributed by atoms with Crippen LogP contribution in [-0.2, 0) is 13.1 Å². The molecule has 0 aliphatic rings. The van der Waals surface area contributed by atoms with Gasteiger partial charge in [-0.1, -0.05) is 23.8 Å². The number of benzene rings is 1. The maximum atomic E-state index is 13.4. The Kier molecular flexibility index (Phi) is 4.48. The molecule has 0 radical (unpaired) electrons. The van der Waals surface area contributed by atoms with Gasteiger partial charge in [0.15, 0.2) is 0 Å². The van der Waals surface area contributed by atoms with E-state index in [4.69, 9.17) is 0 Å². The predicted octanol–water partition coefficient (Wildman–Crippen LogP) is 3.96. The first-order chi connectivity index (χ1) is 14.4. The first-order valence-corrected chi connectivity index (χ1v) is 11.4. The largest absolute Gasteiger partial charge is 0.352 e. The summed E-state index contributed by atoms with van der Waals surface area (Å²) in [5.74, 6) is 0.381. The summed E-state index contributed by atoms with van der Waals surface area (Å²) in [4.78, 5) is 27.6. The molecule has 152 valence electrons. The molecule has 6 nitrogen and oxygen atoms in total. The Balaban J connectivity index is 1.75. The quantitative estimate of drug-likeness (QED) is 0.429. The van der Waals surface area contributed by atoms with Crippen molar-refractivity contribution in [2.24, 2.45) is 0 Å². The Morgan fingerprint density at radius 1 is 0.967 bits per heavy atom. The minimum Gasteiger partial charge on any atom is -0.270 e. The lowest BCUT2D eigenvalue weighted by Crippen LogP contribution is -2.26. The van der Waals surface area contributed by atoms with Gasteiger partial charge in [-0.15, -0.1) is 27.8 Å². The van der Waals surface area contributed by atoms with Gasteiger partial charge in [-0.3, -0.25) is 9.36 Å². The van der Waals surface area contributed by atoms with E-state index in [9.17, 15) is 9.59 Å². The normalized spacial score (nSPS) is 11.7. The van der Waals surface area contributed by atoms with Crippen molar-refractivity contribution in [2.75, 3.05) is 0 Å². The molecule has 0 saturated carbocycles. The summed E-state index contributed by atoms with van der Waals surface area (Å²) in [5, 5.41) is 8.45. The van der Waals surface area contributed by atoms with Gasteiger partial charge in [-0.25, -0.2) is 13.9 Å². The van der Waals surface area contributed by atoms with Crippen LogP contribution < -0.4 is 11.2 Å². The average Bonchev–Trinajstić information content (AvgIpc) is 3.42. The SMILES string of the molecule is Cc1cc(C)c(Cn2nc3n(Cc4cccs4)c(=O)c4sccc4n3c2=O)c(C)c1. The van der Waals surface area contributed by atoms with Crippen LogP contribution in [0.1, 0.15) is 27.1 Å². The van der Waals surface area contributed by atoms with Crippen LogP contribution in [0.2, 0.25) is 0 Å². The molecule has 0 spiro atoms. The van der Waals surface area contributed by atoms with E-state index >= 15 is 0 Å². The van der Waals surface area contributed by atoms with Crippen LogP contribution >= 0.6 is 22.7 Å². The molecule has 0 bridgehead atoms. The van der Waals surface area contributed by atoms with Gasteiger partial charge in [0, 0.05) is 4.88 Å². The van der Waals surface area contributed by atoms with Crippen LogP contribution in [0.3, 0.4) is 0 Å². The molecule has 5 rings (SSSR count). The first-order valence-electron chi connectivity index (χ1n) is 9.62. The molecule has 0 N–H and O–H groups in total. The molecule has 4 heterocycles. The van der Waals surface area contributed by atoms with E-state index in [1.54, 1.807) is 20.3 Å². The van der Waals surface area contributed by atoms with Gasteiger partial charge in [0.1, 0.15) is 4.70 Å². The van der Waals surface area contributed by atoms with E-state index in [0.29, 0.717) is 29.1 Å². The number of rotatable bonds is 4. The number of fused-ring (bicyclic) bond motifs is 3. The molecule has 4 aromatic heterocycles. The highest BCUT2D eigenvalue weighted by atomic mass is 32.1. The van der Waals surface area contributed by atoms with Crippen molar-refractivity contribution >= 4 is 38.7 Å². The van der Waals surface area contributed by atoms with Crippen LogP contribution in [0.5, 0.6) is 0 Å². The molecule has 0 amide bonds. The Labute approximate surface area is 180 Å². The van der Waals surface area contributed by atoms with Gasteiger partial charge < -0.3 is 0 Å². The Morgan fingerprint density at radius 3 is 2.43 bits per heavy atom. The summed E-state index contributed by atoms with van der Waals surface area (Å²) in [6.45, 7) is 6.95. The summed E-state index contributed by atoms with van der Waals surface area (Å²) in [6.07, 6.45) is 0. The molecule has 30 heavy (non-hydrogen) atoms. The fourth-order valence-electron chi connectivity index (χ4n) is 4.05. The number of hydrogen-bond donors (Lipinski definition) is 0. The van der Waals surface area contributed by atoms with Gasteiger partial charge in [0.05, 0.1) is 18.6 Å². The summed E-state index contributed by atoms with van der Waals surface area (Å²) in [6, 6.07) is 10.00. The zero-order chi connectivity index (χ0) is 21.0. The van der Waals surface area contributed by atoms with Crippen molar-refractivity contribution in [3.05, 3.63) is 89.1 Å². The first kappa shape index (κ1) is 19.0. The smallest absolute Gasteiger partial charge is 0.270 e. The van der Waals surface area contributed by atoms with Crippen LogP contribution in [0.15, 0.2) is 50.7 Å². The highest BCUT2D eigenvalue weighted by molar-refractivity contribution is 7.17. The maximum absolute atomic E-state index is 13.4. The van der Waals surface area contributed by atoms with Gasteiger partial charge in [-0.05, 0) is 60.4 Å². The molecule has 8 heteroatoms. The average molecular weight is 437 g/mol. The van der Waals surface area contributed by atoms with Gasteiger partial charge in [0.2, 0.25) is 5.78 Å². The lowest BCUT2D eigenvalue weighted by atomic mass is 10.00. The Bertz CT molecular complexity index is 1490. The molecule has 0 saturated heterocycles. The second-order valence-corrected chi connectivity index (χ2v) is 9.51. The summed E-state index contributed by atoms with van der Waals surface area (Å²) < 4.78 is 5.22. The second kappa shape index (κ2) is 7.07. The Hall–Kier alpha value is -2.97. The fourth-order valence-corrected chi connectivity index (χ4v) is 5.56. The molecular formula is C22H20N4O2S2. The highest BCUT2D eigenvalue weighted by Gasteiger charge is 2.19. The van der Waals surface area contributed by atoms with Crippen LogP contribution in [-0.4, -0.2) is 18.7 Å². The molecular weight excluding hydrogens is 416 g/mol. The van der Waals surface area contributed by atoms with Crippen molar-refractivity contribution in [3.63, 3.8) is 0 Å². The number of aryl methyl sites for hydroxylation is 3. The number of thiophene rings is 2. The lowest BCUT2D eigenvalue weighted by molar-refractivity contribution is 0.650. The van der Waals surface area contributed by atoms with E-state index in [1.807, 2.05) is 29.0 Å². The molecule has 0 aliphatic carbocycles. The topological polar surface area (TPSA) is 61.3 Å². The van der Waals surface area contributed by atoms with Crippen LogP contribution in [0.4, 0.5) is 0 Å². The number of hydrogen-bond acceptors (Lipinski definition) is 5. The Morgan fingerprint density at radius 2 is 1.73 bits per heavy atom. The molecule has 0 aliphatic heterocycles. The van der Waals surface area contributed by atoms with E-state index in [-0.39, 0.29) is 11.2 Å². The summed E-state index contributed by atoms with van der Waals surface area (Å²) in [5.41, 5.74) is 4.83. The van der Waals surface area contributed by atoms with Crippen molar-refractivity contribution < 1.29 is 0 Å². The van der Waals surface area contributed by atoms with Crippen molar-refractivity contribution in [1.29, 1.82) is 0 Å². The monoisotopic (exact) mass is 436 g/mol. The zero-order valence-electron chi connectivity index (χ0n) is 16.9. The van der Waals surface area contributed by atoms with Gasteiger partial charge >= 0.3 is 5.69 Å². The number of nitrogens with zero attached hydrogens (tertiary/aromatic N) is 4. The van der Waals surface area contributed by atoms with E-state index in [2.05, 4.69) is 38.0 Å². The van der Waals surface area contributed by atoms with Crippen LogP contribution in [0.25, 0.3) is 16.0 Å².